The van der Waals surface area contributed by atoms with Crippen LogP contribution in [0.15, 0.2) is 36.4 Å². The van der Waals surface area contributed by atoms with Gasteiger partial charge in [0.1, 0.15) is 5.75 Å². The number of aliphatic hydroxyl groups excluding tert-OH is 1. The minimum Gasteiger partial charge on any atom is -0.493 e. The number of alkyl halides is 2. The molecule has 0 spiro atoms. The number of nitrogens with two attached hydrogens (primary N) is 1. The monoisotopic (exact) mass is 295 g/mol. The first-order valence-electron chi connectivity index (χ1n) is 6.18. The lowest BCUT2D eigenvalue weighted by molar-refractivity contribution is 0.148. The molecule has 3 N–H and O–H groups in total. The molecule has 2 rings (SSSR count). The molecule has 0 saturated carbocycles. The summed E-state index contributed by atoms with van der Waals surface area (Å²) in [5.74, 6) is 0.634. The van der Waals surface area contributed by atoms with Crippen molar-refractivity contribution in [2.24, 2.45) is 0 Å². The predicted molar refractivity (Wildman–Crippen MR) is 74.8 cm³/mol. The molecule has 0 fully saturated rings. The molecule has 0 aliphatic rings. The number of halogens is 2. The van der Waals surface area contributed by atoms with E-state index in [1.807, 2.05) is 0 Å². The van der Waals surface area contributed by atoms with Crippen LogP contribution in [0.1, 0.15) is 17.6 Å². The summed E-state index contributed by atoms with van der Waals surface area (Å²) in [6, 6.07) is 8.79. The summed E-state index contributed by atoms with van der Waals surface area (Å²) >= 11 is 0. The minimum absolute atomic E-state index is 0.00856. The average molecular weight is 295 g/mol. The second-order valence-corrected chi connectivity index (χ2v) is 4.34. The van der Waals surface area contributed by atoms with Crippen molar-refractivity contribution < 1.29 is 23.4 Å². The van der Waals surface area contributed by atoms with Crippen molar-refractivity contribution in [1.29, 1.82) is 0 Å². The predicted octanol–water partition coefficient (Wildman–Crippen LogP) is 3.50. The van der Waals surface area contributed by atoms with Crippen molar-refractivity contribution in [3.05, 3.63) is 47.5 Å². The number of benzene rings is 2. The highest BCUT2D eigenvalue weighted by Crippen LogP contribution is 2.37. The average Bonchev–Trinajstić information content (AvgIpc) is 2.49. The number of anilines is 1. The van der Waals surface area contributed by atoms with Crippen LogP contribution >= 0.6 is 0 Å². The van der Waals surface area contributed by atoms with Gasteiger partial charge in [-0.2, -0.15) is 0 Å². The zero-order valence-electron chi connectivity index (χ0n) is 11.3. The quantitative estimate of drug-likeness (QED) is 0.829. The van der Waals surface area contributed by atoms with Gasteiger partial charge in [0.05, 0.1) is 19.3 Å². The molecule has 0 bridgehead atoms. The molecule has 6 heteroatoms. The number of rotatable bonds is 5. The Hall–Kier alpha value is -2.34. The van der Waals surface area contributed by atoms with Crippen LogP contribution in [0.4, 0.5) is 14.5 Å². The molecule has 0 radical (unpaired) electrons. The maximum atomic E-state index is 13.0. The fraction of sp³-hybridized carbons (Fsp3) is 0.200. The summed E-state index contributed by atoms with van der Waals surface area (Å²) in [6.45, 7) is -0.152. The number of aliphatic hydroxyl groups is 1. The molecule has 2 aromatic carbocycles. The Bertz CT molecular complexity index is 632. The van der Waals surface area contributed by atoms with E-state index in [0.717, 1.165) is 0 Å². The van der Waals surface area contributed by atoms with Crippen molar-refractivity contribution in [3.8, 4) is 17.2 Å². The van der Waals surface area contributed by atoms with Gasteiger partial charge >= 0.3 is 0 Å². The van der Waals surface area contributed by atoms with Crippen LogP contribution in [0.3, 0.4) is 0 Å². The van der Waals surface area contributed by atoms with Crippen LogP contribution in [0.25, 0.3) is 0 Å². The van der Waals surface area contributed by atoms with Gasteiger partial charge in [-0.1, -0.05) is 6.07 Å². The van der Waals surface area contributed by atoms with Gasteiger partial charge in [-0.25, -0.2) is 8.78 Å². The van der Waals surface area contributed by atoms with Crippen LogP contribution < -0.4 is 15.2 Å². The van der Waals surface area contributed by atoms with E-state index in [2.05, 4.69) is 0 Å². The molecule has 0 unspecified atom stereocenters. The SMILES string of the molecule is COc1cc(CO)ccc1Oc1ccc(N)cc1C(F)F. The Balaban J connectivity index is 2.38. The molecule has 21 heavy (non-hydrogen) atoms. The molecule has 0 heterocycles. The van der Waals surface area contributed by atoms with E-state index in [9.17, 15) is 8.78 Å². The molecule has 0 aliphatic heterocycles. The highest BCUT2D eigenvalue weighted by Gasteiger charge is 2.16. The fourth-order valence-electron chi connectivity index (χ4n) is 1.84. The topological polar surface area (TPSA) is 64.7 Å². The van der Waals surface area contributed by atoms with E-state index in [0.29, 0.717) is 11.3 Å². The molecule has 2 aromatic rings. The van der Waals surface area contributed by atoms with E-state index in [-0.39, 0.29) is 29.4 Å². The summed E-state index contributed by atoms with van der Waals surface area (Å²) in [7, 11) is 1.43. The fourth-order valence-corrected chi connectivity index (χ4v) is 1.84. The minimum atomic E-state index is -2.70. The second kappa shape index (κ2) is 6.41. The van der Waals surface area contributed by atoms with Gasteiger partial charge in [-0.3, -0.25) is 0 Å². The Morgan fingerprint density at radius 1 is 1.10 bits per heavy atom. The van der Waals surface area contributed by atoms with Crippen LogP contribution in [0, 0.1) is 0 Å². The van der Waals surface area contributed by atoms with Crippen LogP contribution in [-0.4, -0.2) is 12.2 Å². The first-order valence-corrected chi connectivity index (χ1v) is 6.18. The Kier molecular flexibility index (Phi) is 4.59. The number of nitrogen functional groups attached to an aromatic ring is 1. The standard InChI is InChI=1S/C15H15F2NO3/c1-20-14-6-9(8-19)2-4-13(14)21-12-5-3-10(18)7-11(12)15(16)17/h2-7,15,19H,8,18H2,1H3. The number of methoxy groups -OCH3 is 1. The van der Waals surface area contributed by atoms with Crippen molar-refractivity contribution in [3.63, 3.8) is 0 Å². The summed E-state index contributed by atoms with van der Waals surface area (Å²) in [5.41, 5.74) is 6.09. The summed E-state index contributed by atoms with van der Waals surface area (Å²) in [4.78, 5) is 0. The molecule has 0 atom stereocenters. The molecule has 0 aliphatic carbocycles. The van der Waals surface area contributed by atoms with Gasteiger partial charge in [0.15, 0.2) is 11.5 Å². The number of hydrogen-bond donors (Lipinski definition) is 2. The molecule has 0 amide bonds. The van der Waals surface area contributed by atoms with E-state index < -0.39 is 6.43 Å². The molecule has 0 aromatic heterocycles. The third-order valence-electron chi connectivity index (χ3n) is 2.90. The lowest BCUT2D eigenvalue weighted by Crippen LogP contribution is -1.97. The zero-order chi connectivity index (χ0) is 15.4. The third-order valence-corrected chi connectivity index (χ3v) is 2.90. The second-order valence-electron chi connectivity index (χ2n) is 4.34. The van der Waals surface area contributed by atoms with Crippen LogP contribution in [0.5, 0.6) is 17.2 Å². The van der Waals surface area contributed by atoms with Gasteiger partial charge < -0.3 is 20.3 Å². The highest BCUT2D eigenvalue weighted by molar-refractivity contribution is 5.51. The van der Waals surface area contributed by atoms with E-state index in [1.165, 1.54) is 25.3 Å². The van der Waals surface area contributed by atoms with Gasteiger partial charge in [-0.15, -0.1) is 0 Å². The van der Waals surface area contributed by atoms with Crippen LogP contribution in [-0.2, 0) is 6.61 Å². The van der Waals surface area contributed by atoms with E-state index >= 15 is 0 Å². The summed E-state index contributed by atoms with van der Waals surface area (Å²) in [5, 5.41) is 9.08. The zero-order valence-corrected chi connectivity index (χ0v) is 11.3. The maximum absolute atomic E-state index is 13.0. The number of ether oxygens (including phenoxy) is 2. The first kappa shape index (κ1) is 15.1. The Morgan fingerprint density at radius 3 is 2.43 bits per heavy atom. The van der Waals surface area contributed by atoms with Gasteiger partial charge in [0.25, 0.3) is 6.43 Å². The third kappa shape index (κ3) is 3.41. The molecule has 112 valence electrons. The van der Waals surface area contributed by atoms with Gasteiger partial charge in [0.2, 0.25) is 0 Å². The van der Waals surface area contributed by atoms with E-state index in [1.54, 1.807) is 18.2 Å². The lowest BCUT2D eigenvalue weighted by atomic mass is 10.1. The summed E-state index contributed by atoms with van der Waals surface area (Å²) < 4.78 is 36.7. The van der Waals surface area contributed by atoms with Crippen molar-refractivity contribution >= 4 is 5.69 Å². The number of hydrogen-bond acceptors (Lipinski definition) is 4. The van der Waals surface area contributed by atoms with Gasteiger partial charge in [0, 0.05) is 5.69 Å². The highest BCUT2D eigenvalue weighted by atomic mass is 19.3. The van der Waals surface area contributed by atoms with Crippen molar-refractivity contribution in [2.45, 2.75) is 13.0 Å². The maximum Gasteiger partial charge on any atom is 0.267 e. The van der Waals surface area contributed by atoms with Crippen LogP contribution in [0.2, 0.25) is 0 Å². The Morgan fingerprint density at radius 2 is 1.81 bits per heavy atom. The summed E-state index contributed by atoms with van der Waals surface area (Å²) in [6.07, 6.45) is -2.70. The first-order chi connectivity index (χ1) is 10.0. The smallest absolute Gasteiger partial charge is 0.267 e. The molecule has 4 nitrogen and oxygen atoms in total. The molecule has 0 saturated heterocycles. The normalized spacial score (nSPS) is 10.7. The van der Waals surface area contributed by atoms with Crippen molar-refractivity contribution in [2.75, 3.05) is 12.8 Å². The van der Waals surface area contributed by atoms with E-state index in [4.69, 9.17) is 20.3 Å². The Labute approximate surface area is 120 Å². The van der Waals surface area contributed by atoms with Crippen molar-refractivity contribution in [1.82, 2.24) is 0 Å². The van der Waals surface area contributed by atoms with Gasteiger partial charge in [-0.05, 0) is 35.9 Å². The largest absolute Gasteiger partial charge is 0.493 e. The molecular weight excluding hydrogens is 280 g/mol. The lowest BCUT2D eigenvalue weighted by Gasteiger charge is -2.14. The molecular formula is C15H15F2NO3.